The summed E-state index contributed by atoms with van der Waals surface area (Å²) in [6.45, 7) is 2.01. The Morgan fingerprint density at radius 1 is 1.40 bits per heavy atom. The first-order valence-electron chi connectivity index (χ1n) is 6.92. The molecule has 0 aliphatic heterocycles. The fourth-order valence-electron chi connectivity index (χ4n) is 2.08. The predicted octanol–water partition coefficient (Wildman–Crippen LogP) is 3.09. The van der Waals surface area contributed by atoms with Crippen LogP contribution in [0.5, 0.6) is 0 Å². The van der Waals surface area contributed by atoms with E-state index in [1.165, 1.54) is 0 Å². The number of nitrogens with one attached hydrogen (secondary N) is 1. The van der Waals surface area contributed by atoms with E-state index in [-0.39, 0.29) is 5.91 Å². The molecule has 0 heterocycles. The number of aliphatic carboxylic acids is 1. The molecule has 4 nitrogen and oxygen atoms in total. The molecule has 0 atom stereocenters. The van der Waals surface area contributed by atoms with Gasteiger partial charge in [-0.25, -0.2) is 4.79 Å². The second-order valence-corrected chi connectivity index (χ2v) is 5.14. The van der Waals surface area contributed by atoms with Crippen LogP contribution in [0, 0.1) is 5.92 Å². The summed E-state index contributed by atoms with van der Waals surface area (Å²) in [6, 6.07) is 5.56. The van der Waals surface area contributed by atoms with Gasteiger partial charge < -0.3 is 10.4 Å². The Bertz CT molecular complexity index is 545. The van der Waals surface area contributed by atoms with Crippen LogP contribution in [0.1, 0.15) is 37.3 Å². The molecule has 1 aromatic rings. The van der Waals surface area contributed by atoms with Crippen molar-refractivity contribution in [3.63, 3.8) is 0 Å². The minimum Gasteiger partial charge on any atom is -0.478 e. The van der Waals surface area contributed by atoms with Crippen LogP contribution in [0.15, 0.2) is 24.3 Å². The van der Waals surface area contributed by atoms with Gasteiger partial charge in [0.05, 0.1) is 0 Å². The van der Waals surface area contributed by atoms with Crippen molar-refractivity contribution >= 4 is 23.6 Å². The lowest BCUT2D eigenvalue weighted by atomic mass is 10.1. The molecule has 0 unspecified atom stereocenters. The predicted molar refractivity (Wildman–Crippen MR) is 78.5 cm³/mol. The summed E-state index contributed by atoms with van der Waals surface area (Å²) >= 11 is 0. The lowest BCUT2D eigenvalue weighted by Crippen LogP contribution is -2.13. The number of aryl methyl sites for hydroxylation is 1. The molecule has 2 N–H and O–H groups in total. The van der Waals surface area contributed by atoms with Gasteiger partial charge >= 0.3 is 5.97 Å². The molecule has 0 spiro atoms. The molecule has 1 saturated carbocycles. The van der Waals surface area contributed by atoms with Gasteiger partial charge in [0.25, 0.3) is 0 Å². The van der Waals surface area contributed by atoms with Gasteiger partial charge in [-0.2, -0.15) is 0 Å². The Hall–Kier alpha value is -2.10. The smallest absolute Gasteiger partial charge is 0.328 e. The molecule has 1 aliphatic rings. The Morgan fingerprint density at radius 2 is 2.15 bits per heavy atom. The Kier molecular flexibility index (Phi) is 4.56. The van der Waals surface area contributed by atoms with Gasteiger partial charge in [-0.3, -0.25) is 4.79 Å². The lowest BCUT2D eigenvalue weighted by molar-refractivity contribution is -0.131. The zero-order chi connectivity index (χ0) is 14.5. The standard InChI is InChI=1S/C16H19NO3/c1-2-13-9-11(6-8-16(19)20)5-7-14(13)17-15(18)10-12-3-4-12/h5-9,12H,2-4,10H2,1H3,(H,17,18)(H,19,20)/b8-6+. The first-order valence-corrected chi connectivity index (χ1v) is 6.92. The van der Waals surface area contributed by atoms with Crippen LogP contribution in [-0.4, -0.2) is 17.0 Å². The second-order valence-electron chi connectivity index (χ2n) is 5.14. The monoisotopic (exact) mass is 273 g/mol. The number of carbonyl (C=O) groups is 2. The van der Waals surface area contributed by atoms with Crippen molar-refractivity contribution in [3.05, 3.63) is 35.4 Å². The van der Waals surface area contributed by atoms with Crippen LogP contribution in [0.4, 0.5) is 5.69 Å². The fourth-order valence-corrected chi connectivity index (χ4v) is 2.08. The average molecular weight is 273 g/mol. The van der Waals surface area contributed by atoms with Crippen LogP contribution in [-0.2, 0) is 16.0 Å². The summed E-state index contributed by atoms with van der Waals surface area (Å²) in [7, 11) is 0. The van der Waals surface area contributed by atoms with E-state index in [1.54, 1.807) is 6.08 Å². The zero-order valence-electron chi connectivity index (χ0n) is 11.6. The molecule has 2 rings (SSSR count). The summed E-state index contributed by atoms with van der Waals surface area (Å²) < 4.78 is 0. The maximum absolute atomic E-state index is 11.8. The Morgan fingerprint density at radius 3 is 2.75 bits per heavy atom. The number of carbonyl (C=O) groups excluding carboxylic acids is 1. The van der Waals surface area contributed by atoms with E-state index < -0.39 is 5.97 Å². The third-order valence-corrected chi connectivity index (χ3v) is 3.37. The van der Waals surface area contributed by atoms with Crippen LogP contribution in [0.3, 0.4) is 0 Å². The van der Waals surface area contributed by atoms with Crippen LogP contribution in [0.2, 0.25) is 0 Å². The molecule has 1 aliphatic carbocycles. The zero-order valence-corrected chi connectivity index (χ0v) is 11.6. The van der Waals surface area contributed by atoms with Crippen molar-refractivity contribution in [3.8, 4) is 0 Å². The highest BCUT2D eigenvalue weighted by Gasteiger charge is 2.24. The molecule has 1 aromatic carbocycles. The number of benzene rings is 1. The van der Waals surface area contributed by atoms with E-state index in [1.807, 2.05) is 25.1 Å². The van der Waals surface area contributed by atoms with Gasteiger partial charge in [0.15, 0.2) is 0 Å². The normalized spacial score (nSPS) is 14.4. The van der Waals surface area contributed by atoms with E-state index >= 15 is 0 Å². The molecule has 0 aromatic heterocycles. The molecule has 20 heavy (non-hydrogen) atoms. The molecular formula is C16H19NO3. The van der Waals surface area contributed by atoms with Gasteiger partial charge in [-0.05, 0) is 54.5 Å². The van der Waals surface area contributed by atoms with Gasteiger partial charge in [0, 0.05) is 18.2 Å². The first kappa shape index (κ1) is 14.3. The third kappa shape index (κ3) is 4.23. The number of carboxylic acid groups (broad SMARTS) is 1. The fraction of sp³-hybridized carbons (Fsp3) is 0.375. The molecule has 0 saturated heterocycles. The van der Waals surface area contributed by atoms with Crippen LogP contribution >= 0.6 is 0 Å². The number of carboxylic acids is 1. The molecule has 0 bridgehead atoms. The quantitative estimate of drug-likeness (QED) is 0.783. The SMILES string of the molecule is CCc1cc(/C=C/C(=O)O)ccc1NC(=O)CC1CC1. The summed E-state index contributed by atoms with van der Waals surface area (Å²) in [5.41, 5.74) is 2.66. The molecule has 106 valence electrons. The maximum Gasteiger partial charge on any atom is 0.328 e. The maximum atomic E-state index is 11.8. The summed E-state index contributed by atoms with van der Waals surface area (Å²) in [4.78, 5) is 22.3. The Balaban J connectivity index is 2.08. The van der Waals surface area contributed by atoms with Crippen molar-refractivity contribution in [2.75, 3.05) is 5.32 Å². The number of amides is 1. The third-order valence-electron chi connectivity index (χ3n) is 3.37. The van der Waals surface area contributed by atoms with Crippen molar-refractivity contribution in [2.45, 2.75) is 32.6 Å². The van der Waals surface area contributed by atoms with E-state index in [2.05, 4.69) is 5.32 Å². The second kappa shape index (κ2) is 6.37. The minimum absolute atomic E-state index is 0.0658. The van der Waals surface area contributed by atoms with Gasteiger partial charge in [0.1, 0.15) is 0 Å². The molecule has 4 heteroatoms. The highest BCUT2D eigenvalue weighted by Crippen LogP contribution is 2.32. The van der Waals surface area contributed by atoms with Crippen molar-refractivity contribution in [1.29, 1.82) is 0 Å². The topological polar surface area (TPSA) is 66.4 Å². The highest BCUT2D eigenvalue weighted by molar-refractivity contribution is 5.92. The van der Waals surface area contributed by atoms with Crippen LogP contribution < -0.4 is 5.32 Å². The largest absolute Gasteiger partial charge is 0.478 e. The Labute approximate surface area is 118 Å². The van der Waals surface area contributed by atoms with E-state index in [0.29, 0.717) is 12.3 Å². The van der Waals surface area contributed by atoms with Gasteiger partial charge in [-0.15, -0.1) is 0 Å². The van der Waals surface area contributed by atoms with Gasteiger partial charge in [-0.1, -0.05) is 13.0 Å². The lowest BCUT2D eigenvalue weighted by Gasteiger charge is -2.10. The highest BCUT2D eigenvalue weighted by atomic mass is 16.4. The van der Waals surface area contributed by atoms with Crippen molar-refractivity contribution < 1.29 is 14.7 Å². The van der Waals surface area contributed by atoms with Gasteiger partial charge in [0.2, 0.25) is 5.91 Å². The minimum atomic E-state index is -0.968. The molecular weight excluding hydrogens is 254 g/mol. The summed E-state index contributed by atoms with van der Waals surface area (Å²) in [6.07, 6.45) is 6.37. The van der Waals surface area contributed by atoms with Crippen LogP contribution in [0.25, 0.3) is 6.08 Å². The molecule has 0 radical (unpaired) electrons. The molecule has 1 fully saturated rings. The first-order chi connectivity index (χ1) is 9.58. The van der Waals surface area contributed by atoms with E-state index in [0.717, 1.165) is 42.2 Å². The number of anilines is 1. The summed E-state index contributed by atoms with van der Waals surface area (Å²) in [5.74, 6) is -0.335. The van der Waals surface area contributed by atoms with E-state index in [9.17, 15) is 9.59 Å². The van der Waals surface area contributed by atoms with E-state index in [4.69, 9.17) is 5.11 Å². The number of rotatable bonds is 6. The average Bonchev–Trinajstić information content (AvgIpc) is 3.21. The number of hydrogen-bond acceptors (Lipinski definition) is 2. The summed E-state index contributed by atoms with van der Waals surface area (Å²) in [5, 5.41) is 11.6. The van der Waals surface area contributed by atoms with Crippen molar-refractivity contribution in [2.24, 2.45) is 5.92 Å². The number of hydrogen-bond donors (Lipinski definition) is 2. The molecule has 1 amide bonds. The van der Waals surface area contributed by atoms with Crippen molar-refractivity contribution in [1.82, 2.24) is 0 Å².